The third-order valence-corrected chi connectivity index (χ3v) is 2.00. The van der Waals surface area contributed by atoms with E-state index in [-0.39, 0.29) is 24.9 Å². The predicted molar refractivity (Wildman–Crippen MR) is 44.4 cm³/mol. The lowest BCUT2D eigenvalue weighted by Gasteiger charge is -2.21. The molecule has 0 unspecified atom stereocenters. The van der Waals surface area contributed by atoms with Gasteiger partial charge < -0.3 is 10.6 Å². The highest BCUT2D eigenvalue weighted by Crippen LogP contribution is 2.31. The fourth-order valence-corrected chi connectivity index (χ4v) is 1.20. The van der Waals surface area contributed by atoms with Gasteiger partial charge in [0.05, 0.1) is 6.54 Å². The minimum Gasteiger partial charge on any atom is -0.335 e. The maximum absolute atomic E-state index is 12.0. The molecule has 0 aromatic rings. The lowest BCUT2D eigenvalue weighted by molar-refractivity contribution is -0.134. The monoisotopic (exact) mass is 192 g/mol. The zero-order valence-corrected chi connectivity index (χ0v) is 7.38. The third-order valence-electron chi connectivity index (χ3n) is 2.00. The molecule has 0 bridgehead atoms. The third kappa shape index (κ3) is 3.26. The summed E-state index contributed by atoms with van der Waals surface area (Å²) in [6.07, 6.45) is -0.791. The Morgan fingerprint density at radius 2 is 2.15 bits per heavy atom. The molecule has 0 atom stereocenters. The molecule has 1 aliphatic rings. The topological polar surface area (TPSA) is 46.3 Å². The summed E-state index contributed by atoms with van der Waals surface area (Å²) in [7, 11) is 0. The number of alkyl halides is 2. The molecule has 1 rings (SSSR count). The maximum atomic E-state index is 12.0. The first-order chi connectivity index (χ1) is 6.15. The van der Waals surface area contributed by atoms with Gasteiger partial charge in [-0.3, -0.25) is 4.79 Å². The van der Waals surface area contributed by atoms with Crippen molar-refractivity contribution in [1.82, 2.24) is 4.90 Å². The van der Waals surface area contributed by atoms with E-state index in [2.05, 4.69) is 0 Å². The molecule has 1 aliphatic carbocycles. The highest BCUT2D eigenvalue weighted by molar-refractivity contribution is 5.81. The van der Waals surface area contributed by atoms with Crippen molar-refractivity contribution in [2.24, 2.45) is 11.7 Å². The van der Waals surface area contributed by atoms with Crippen LogP contribution in [0.5, 0.6) is 0 Å². The Hall–Kier alpha value is -0.710. The molecule has 0 aromatic heterocycles. The second kappa shape index (κ2) is 4.50. The number of carbonyl (C=O) groups is 1. The zero-order valence-electron chi connectivity index (χ0n) is 7.38. The summed E-state index contributed by atoms with van der Waals surface area (Å²) >= 11 is 0. The van der Waals surface area contributed by atoms with Crippen LogP contribution in [0, 0.1) is 5.92 Å². The lowest BCUT2D eigenvalue weighted by Crippen LogP contribution is -2.39. The van der Waals surface area contributed by atoms with E-state index in [4.69, 9.17) is 5.73 Å². The Balaban J connectivity index is 2.39. The van der Waals surface area contributed by atoms with Gasteiger partial charge in [0.15, 0.2) is 0 Å². The van der Waals surface area contributed by atoms with Crippen LogP contribution in [0.3, 0.4) is 0 Å². The summed E-state index contributed by atoms with van der Waals surface area (Å²) in [4.78, 5) is 12.5. The van der Waals surface area contributed by atoms with Gasteiger partial charge in [0.2, 0.25) is 5.91 Å². The van der Waals surface area contributed by atoms with Crippen LogP contribution in [0.25, 0.3) is 0 Å². The van der Waals surface area contributed by atoms with Gasteiger partial charge in [-0.1, -0.05) is 0 Å². The van der Waals surface area contributed by atoms with E-state index < -0.39 is 13.0 Å². The second-order valence-electron chi connectivity index (χ2n) is 3.24. The minimum atomic E-state index is -2.46. The Kier molecular flexibility index (Phi) is 3.59. The highest BCUT2D eigenvalue weighted by Gasteiger charge is 2.33. The van der Waals surface area contributed by atoms with Crippen LogP contribution in [-0.2, 0) is 4.79 Å². The molecule has 3 nitrogen and oxygen atoms in total. The number of rotatable bonds is 5. The van der Waals surface area contributed by atoms with Gasteiger partial charge in [-0.05, 0) is 12.8 Å². The Morgan fingerprint density at radius 3 is 2.54 bits per heavy atom. The standard InChI is InChI=1S/C8H14F2N2O/c9-7(10)5-12(4-3-11)8(13)6-1-2-6/h6-7H,1-5,11H2. The molecule has 0 saturated heterocycles. The Bertz CT molecular complexity index is 183. The molecule has 0 heterocycles. The summed E-state index contributed by atoms with van der Waals surface area (Å²) in [5.41, 5.74) is 5.22. The largest absolute Gasteiger partial charge is 0.335 e. The molecule has 0 aliphatic heterocycles. The molecule has 1 fully saturated rings. The van der Waals surface area contributed by atoms with Gasteiger partial charge in [-0.15, -0.1) is 0 Å². The van der Waals surface area contributed by atoms with Crippen molar-refractivity contribution in [2.45, 2.75) is 19.3 Å². The van der Waals surface area contributed by atoms with Crippen molar-refractivity contribution >= 4 is 5.91 Å². The maximum Gasteiger partial charge on any atom is 0.255 e. The minimum absolute atomic E-state index is 0.00898. The van der Waals surface area contributed by atoms with Crippen LogP contribution in [0.15, 0.2) is 0 Å². The van der Waals surface area contributed by atoms with Crippen LogP contribution in [0.1, 0.15) is 12.8 Å². The van der Waals surface area contributed by atoms with E-state index in [1.54, 1.807) is 0 Å². The molecule has 5 heteroatoms. The fourth-order valence-electron chi connectivity index (χ4n) is 1.20. The van der Waals surface area contributed by atoms with Gasteiger partial charge in [-0.25, -0.2) is 8.78 Å². The van der Waals surface area contributed by atoms with Crippen molar-refractivity contribution in [3.05, 3.63) is 0 Å². The number of carbonyl (C=O) groups excluding carboxylic acids is 1. The quantitative estimate of drug-likeness (QED) is 0.687. The average molecular weight is 192 g/mol. The predicted octanol–water partition coefficient (Wildman–Crippen LogP) is 0.449. The smallest absolute Gasteiger partial charge is 0.255 e. The van der Waals surface area contributed by atoms with Crippen LogP contribution < -0.4 is 5.73 Å². The fraction of sp³-hybridized carbons (Fsp3) is 0.875. The Labute approximate surface area is 75.9 Å². The summed E-state index contributed by atoms with van der Waals surface area (Å²) in [6, 6.07) is 0. The van der Waals surface area contributed by atoms with Crippen LogP contribution >= 0.6 is 0 Å². The van der Waals surface area contributed by atoms with Gasteiger partial charge >= 0.3 is 0 Å². The molecular formula is C8H14F2N2O. The molecule has 1 amide bonds. The highest BCUT2D eigenvalue weighted by atomic mass is 19.3. The average Bonchev–Trinajstić information content (AvgIpc) is 2.84. The van der Waals surface area contributed by atoms with Crippen LogP contribution in [0.2, 0.25) is 0 Å². The molecule has 1 saturated carbocycles. The van der Waals surface area contributed by atoms with Crippen molar-refractivity contribution < 1.29 is 13.6 Å². The van der Waals surface area contributed by atoms with E-state index in [9.17, 15) is 13.6 Å². The summed E-state index contributed by atoms with van der Waals surface area (Å²) < 4.78 is 24.0. The first kappa shape index (κ1) is 10.4. The molecule has 0 spiro atoms. The van der Waals surface area contributed by atoms with Crippen LogP contribution in [0.4, 0.5) is 8.78 Å². The lowest BCUT2D eigenvalue weighted by atomic mass is 10.3. The van der Waals surface area contributed by atoms with Gasteiger partial charge in [-0.2, -0.15) is 0 Å². The summed E-state index contributed by atoms with van der Waals surface area (Å²) in [5, 5.41) is 0. The van der Waals surface area contributed by atoms with Crippen molar-refractivity contribution in [3.63, 3.8) is 0 Å². The Morgan fingerprint density at radius 1 is 1.54 bits per heavy atom. The molecule has 0 aromatic carbocycles. The molecular weight excluding hydrogens is 178 g/mol. The number of nitrogens with two attached hydrogens (primary N) is 1. The van der Waals surface area contributed by atoms with Gasteiger partial charge in [0, 0.05) is 19.0 Å². The van der Waals surface area contributed by atoms with Crippen molar-refractivity contribution in [3.8, 4) is 0 Å². The molecule has 2 N–H and O–H groups in total. The van der Waals surface area contributed by atoms with Crippen LogP contribution in [-0.4, -0.2) is 36.9 Å². The van der Waals surface area contributed by atoms with Crippen molar-refractivity contribution in [1.29, 1.82) is 0 Å². The number of nitrogens with zero attached hydrogens (tertiary/aromatic N) is 1. The SMILES string of the molecule is NCCN(CC(F)F)C(=O)C1CC1. The summed E-state index contributed by atoms with van der Waals surface area (Å²) in [6.45, 7) is -0.00259. The molecule has 76 valence electrons. The number of hydrogen-bond donors (Lipinski definition) is 1. The van der Waals surface area contributed by atoms with Gasteiger partial charge in [0.25, 0.3) is 6.43 Å². The first-order valence-corrected chi connectivity index (χ1v) is 4.42. The van der Waals surface area contributed by atoms with E-state index in [0.29, 0.717) is 0 Å². The first-order valence-electron chi connectivity index (χ1n) is 4.42. The van der Waals surface area contributed by atoms with E-state index in [1.165, 1.54) is 4.90 Å². The van der Waals surface area contributed by atoms with E-state index in [1.807, 2.05) is 0 Å². The second-order valence-corrected chi connectivity index (χ2v) is 3.24. The van der Waals surface area contributed by atoms with E-state index in [0.717, 1.165) is 12.8 Å². The summed E-state index contributed by atoms with van der Waals surface area (Å²) in [5.74, 6) is -0.170. The molecule has 0 radical (unpaired) electrons. The number of hydrogen-bond acceptors (Lipinski definition) is 2. The zero-order chi connectivity index (χ0) is 9.84. The number of halogens is 2. The van der Waals surface area contributed by atoms with Crippen molar-refractivity contribution in [2.75, 3.05) is 19.6 Å². The van der Waals surface area contributed by atoms with E-state index >= 15 is 0 Å². The molecule has 13 heavy (non-hydrogen) atoms. The van der Waals surface area contributed by atoms with Gasteiger partial charge in [0.1, 0.15) is 0 Å². The normalized spacial score (nSPS) is 16.3. The number of amides is 1.